The molecule has 566 valence electrons. The predicted molar refractivity (Wildman–Crippen MR) is 498 cm³/mol. The number of para-hydroxylation sites is 4. The Hall–Kier alpha value is -15.6. The smallest absolute Gasteiger partial charge is 0.166 e. The lowest BCUT2D eigenvalue weighted by Crippen LogP contribution is -2.58. The van der Waals surface area contributed by atoms with E-state index in [0.29, 0.717) is 34.9 Å². The van der Waals surface area contributed by atoms with Gasteiger partial charge in [-0.25, -0.2) is 29.9 Å². The molecule has 1 aliphatic heterocycles. The standard InChI is InChI=1S/C57H36N4O.C53H40N4Si/c1-5-18-37(19-6-1)42-28-17-29-43(38-20-7-2-8-21-38)52(42)41-32-33-48(46(36-41)57-59-55(39-22-9-3-10-23-39)58-56(60-57)40-24-11-4-12-25-40)61-47-30-15-13-26-44(47)53-49(61)34-35-51-54(53)45-27-14-16-31-50(45)62-51;1-58(2)48-32-17-15-30-46(48)57(47-31-16-18-33-49(47)58)45-35-34-41(50-42(37-20-7-3-8-21-37)28-19-29-43(50)38-22-9-4-10-23-38)36-44(45)53-55-51(39-24-11-5-12-25-39)54-52(56-53)40-26-13-6-14-27-40/h1-36H;3-36H,1-2H3. The summed E-state index contributed by atoms with van der Waals surface area (Å²) in [5.74, 6) is 3.66. The van der Waals surface area contributed by atoms with Gasteiger partial charge in [-0.3, -0.25) is 0 Å². The zero-order chi connectivity index (χ0) is 80.0. The van der Waals surface area contributed by atoms with Crippen LogP contribution in [0.5, 0.6) is 0 Å². The van der Waals surface area contributed by atoms with E-state index < -0.39 is 8.07 Å². The zero-order valence-corrected chi connectivity index (χ0v) is 66.9. The lowest BCUT2D eigenvalue weighted by atomic mass is 9.86. The Bertz CT molecular complexity index is 7130. The van der Waals surface area contributed by atoms with Crippen LogP contribution in [0.3, 0.4) is 0 Å². The Balaban J connectivity index is 0.000000149. The summed E-state index contributed by atoms with van der Waals surface area (Å²) in [6.07, 6.45) is 0. The molecule has 0 fully saturated rings. The molecule has 0 saturated carbocycles. The SMILES string of the molecule is C[Si]1(C)c2ccccc2N(c2ccc(-c3c(-c4ccccc4)cccc3-c3ccccc3)cc2-c2nc(-c3ccccc3)nc(-c3ccccc3)n2)c2ccccc21.c1ccc(-c2nc(-c3ccccc3)nc(-c3cc(-c4c(-c5ccccc5)cccc4-c4ccccc4)ccc3-n3c4ccccc4c4c5c(ccc43)oc3ccccc35)n2)cc1. The highest BCUT2D eigenvalue weighted by Crippen LogP contribution is 2.50. The topological polar surface area (TPSA) is 98.7 Å². The molecule has 0 radical (unpaired) electrons. The molecule has 0 atom stereocenters. The summed E-state index contributed by atoms with van der Waals surface area (Å²) in [7, 11) is -2.05. The van der Waals surface area contributed by atoms with Crippen LogP contribution in [0.15, 0.2) is 429 Å². The molecule has 0 amide bonds. The number of nitrogens with zero attached hydrogens (tertiary/aromatic N) is 8. The van der Waals surface area contributed by atoms with Crippen molar-refractivity contribution in [3.63, 3.8) is 0 Å². The van der Waals surface area contributed by atoms with Crippen LogP contribution in [0.1, 0.15) is 0 Å². The van der Waals surface area contributed by atoms with Gasteiger partial charge in [0.05, 0.1) is 22.4 Å². The summed E-state index contributed by atoms with van der Waals surface area (Å²) in [4.78, 5) is 34.0. The van der Waals surface area contributed by atoms with Crippen molar-refractivity contribution in [2.45, 2.75) is 13.1 Å². The summed E-state index contributed by atoms with van der Waals surface area (Å²) in [6, 6.07) is 150. The highest BCUT2D eigenvalue weighted by atomic mass is 28.3. The van der Waals surface area contributed by atoms with Gasteiger partial charge in [-0.15, -0.1) is 0 Å². The van der Waals surface area contributed by atoms with E-state index in [1.165, 1.54) is 21.7 Å². The van der Waals surface area contributed by atoms with Crippen molar-refractivity contribution >= 4 is 79.3 Å². The first kappa shape index (κ1) is 72.1. The third-order valence-corrected chi connectivity index (χ3v) is 26.8. The molecular formula is C110H76N8OSi. The second-order valence-electron chi connectivity index (χ2n) is 30.7. The molecule has 0 unspecified atom stereocenters. The Morgan fingerprint density at radius 2 is 0.550 bits per heavy atom. The number of rotatable bonds is 14. The van der Waals surface area contributed by atoms with E-state index in [9.17, 15) is 0 Å². The van der Waals surface area contributed by atoms with Crippen molar-refractivity contribution in [2.75, 3.05) is 4.90 Å². The van der Waals surface area contributed by atoms with E-state index in [1.807, 2.05) is 84.9 Å². The van der Waals surface area contributed by atoms with Gasteiger partial charge in [-0.05, 0) is 138 Å². The normalized spacial score (nSPS) is 12.1. The fourth-order valence-electron chi connectivity index (χ4n) is 17.6. The highest BCUT2D eigenvalue weighted by molar-refractivity contribution is 7.02. The van der Waals surface area contributed by atoms with Crippen LogP contribution < -0.4 is 15.3 Å². The maximum Gasteiger partial charge on any atom is 0.166 e. The molecule has 22 rings (SSSR count). The van der Waals surface area contributed by atoms with Crippen LogP contribution in [-0.2, 0) is 0 Å². The molecule has 120 heavy (non-hydrogen) atoms. The first-order valence-corrected chi connectivity index (χ1v) is 43.7. The molecule has 0 saturated heterocycles. The predicted octanol–water partition coefficient (Wildman–Crippen LogP) is 27.3. The second-order valence-corrected chi connectivity index (χ2v) is 35.1. The van der Waals surface area contributed by atoms with Crippen molar-refractivity contribution in [3.05, 3.63) is 425 Å². The van der Waals surface area contributed by atoms with Crippen LogP contribution >= 0.6 is 0 Å². The van der Waals surface area contributed by atoms with E-state index in [4.69, 9.17) is 34.3 Å². The third kappa shape index (κ3) is 13.1. The first-order chi connectivity index (χ1) is 59.3. The maximum atomic E-state index is 6.45. The van der Waals surface area contributed by atoms with Crippen molar-refractivity contribution in [3.8, 4) is 141 Å². The molecule has 0 bridgehead atoms. The van der Waals surface area contributed by atoms with Crippen LogP contribution in [0.25, 0.3) is 185 Å². The van der Waals surface area contributed by atoms with Gasteiger partial charge in [0.1, 0.15) is 19.2 Å². The largest absolute Gasteiger partial charge is 0.456 e. The minimum absolute atomic E-state index is 0.578. The number of furan rings is 1. The van der Waals surface area contributed by atoms with Gasteiger partial charge >= 0.3 is 0 Å². The van der Waals surface area contributed by atoms with Gasteiger partial charge < -0.3 is 13.9 Å². The molecule has 17 aromatic carbocycles. The Kier molecular flexibility index (Phi) is 18.5. The monoisotopic (exact) mass is 1550 g/mol. The van der Waals surface area contributed by atoms with Crippen LogP contribution in [-0.4, -0.2) is 42.5 Å². The maximum absolute atomic E-state index is 6.45. The Morgan fingerprint density at radius 3 is 0.967 bits per heavy atom. The minimum atomic E-state index is -2.05. The van der Waals surface area contributed by atoms with Crippen molar-refractivity contribution in [1.82, 2.24) is 34.5 Å². The number of anilines is 3. The quantitative estimate of drug-likeness (QED) is 0.0993. The lowest BCUT2D eigenvalue weighted by molar-refractivity contribution is 0.669. The Labute approximate surface area is 696 Å². The molecule has 9 nitrogen and oxygen atoms in total. The molecule has 21 aromatic rings. The van der Waals surface area contributed by atoms with Crippen LogP contribution in [0, 0.1) is 0 Å². The average Bonchev–Trinajstić information content (AvgIpc) is 1.43. The van der Waals surface area contributed by atoms with Crippen molar-refractivity contribution in [2.24, 2.45) is 0 Å². The fourth-order valence-corrected chi connectivity index (χ4v) is 20.6. The van der Waals surface area contributed by atoms with Gasteiger partial charge in [0, 0.05) is 66.3 Å². The summed E-state index contributed by atoms with van der Waals surface area (Å²) >= 11 is 0. The lowest BCUT2D eigenvalue weighted by Gasteiger charge is -2.41. The summed E-state index contributed by atoms with van der Waals surface area (Å²) in [5, 5.41) is 7.28. The van der Waals surface area contributed by atoms with Gasteiger partial charge in [0.2, 0.25) is 0 Å². The number of hydrogen-bond acceptors (Lipinski definition) is 8. The number of fused-ring (bicyclic) bond motifs is 9. The average molecular weight is 1550 g/mol. The van der Waals surface area contributed by atoms with Crippen LogP contribution in [0.4, 0.5) is 17.1 Å². The van der Waals surface area contributed by atoms with Gasteiger partial charge in [-0.1, -0.05) is 377 Å². The van der Waals surface area contributed by atoms with E-state index in [-0.39, 0.29) is 0 Å². The van der Waals surface area contributed by atoms with E-state index >= 15 is 0 Å². The minimum Gasteiger partial charge on any atom is -0.456 e. The van der Waals surface area contributed by atoms with Gasteiger partial charge in [0.15, 0.2) is 34.9 Å². The molecule has 0 spiro atoms. The zero-order valence-electron chi connectivity index (χ0n) is 65.9. The van der Waals surface area contributed by atoms with E-state index in [0.717, 1.165) is 155 Å². The van der Waals surface area contributed by atoms with Crippen molar-refractivity contribution < 1.29 is 4.42 Å². The molecule has 5 heterocycles. The number of hydrogen-bond donors (Lipinski definition) is 0. The molecule has 4 aromatic heterocycles. The molecule has 0 aliphatic carbocycles. The van der Waals surface area contributed by atoms with Crippen LogP contribution in [0.2, 0.25) is 13.1 Å². The third-order valence-electron chi connectivity index (χ3n) is 23.2. The van der Waals surface area contributed by atoms with Gasteiger partial charge in [0.25, 0.3) is 0 Å². The first-order valence-electron chi connectivity index (χ1n) is 40.7. The summed E-state index contributed by atoms with van der Waals surface area (Å²) < 4.78 is 8.83. The fraction of sp³-hybridized carbons (Fsp3) is 0.0182. The van der Waals surface area contributed by atoms with Gasteiger partial charge in [-0.2, -0.15) is 0 Å². The Morgan fingerprint density at radius 1 is 0.217 bits per heavy atom. The number of benzene rings is 17. The van der Waals surface area contributed by atoms with E-state index in [2.05, 4.69) is 362 Å². The van der Waals surface area contributed by atoms with Crippen molar-refractivity contribution in [1.29, 1.82) is 0 Å². The molecular weight excluding hydrogens is 1480 g/mol. The summed E-state index contributed by atoms with van der Waals surface area (Å²) in [6.45, 7) is 4.92. The second kappa shape index (κ2) is 30.9. The van der Waals surface area contributed by atoms with E-state index in [1.54, 1.807) is 0 Å². The molecule has 0 N–H and O–H groups in total. The molecule has 10 heteroatoms. The highest BCUT2D eigenvalue weighted by Gasteiger charge is 2.39. The number of aromatic nitrogens is 7. The molecule has 1 aliphatic rings. The summed E-state index contributed by atoms with van der Waals surface area (Å²) in [5.41, 5.74) is 27.3.